The molecule has 0 aliphatic heterocycles. The number of carbonyl (C=O) groups is 1. The molecule has 17 heavy (non-hydrogen) atoms. The number of carbonyl (C=O) groups excluding carboxylic acids is 1. The van der Waals surface area contributed by atoms with Crippen molar-refractivity contribution in [2.45, 2.75) is 13.0 Å². The van der Waals surface area contributed by atoms with Gasteiger partial charge in [0.25, 0.3) is 0 Å². The Labute approximate surface area is 106 Å². The van der Waals surface area contributed by atoms with Gasteiger partial charge in [0.05, 0.1) is 18.2 Å². The maximum atomic E-state index is 13.2. The predicted molar refractivity (Wildman–Crippen MR) is 62.2 cm³/mol. The van der Waals surface area contributed by atoms with Gasteiger partial charge in [-0.25, -0.2) is 9.18 Å². The molecule has 1 N–H and O–H groups in total. The summed E-state index contributed by atoms with van der Waals surface area (Å²) in [5, 5.41) is 9.72. The average molecular weight is 307 g/mol. The van der Waals surface area contributed by atoms with E-state index < -0.39 is 17.9 Å². The highest BCUT2D eigenvalue weighted by Gasteiger charge is 2.23. The Morgan fingerprint density at radius 2 is 2.24 bits per heavy atom. The minimum Gasteiger partial charge on any atom is -0.495 e. The summed E-state index contributed by atoms with van der Waals surface area (Å²) in [5.41, 5.74) is 0.0697. The normalized spacial score (nSPS) is 12.1. The van der Waals surface area contributed by atoms with Crippen LogP contribution in [-0.2, 0) is 9.53 Å². The molecule has 0 aromatic heterocycles. The van der Waals surface area contributed by atoms with Crippen LogP contribution in [0.4, 0.5) is 4.39 Å². The first kappa shape index (κ1) is 13.9. The van der Waals surface area contributed by atoms with Crippen molar-refractivity contribution in [1.29, 1.82) is 0 Å². The van der Waals surface area contributed by atoms with E-state index in [-0.39, 0.29) is 17.9 Å². The highest BCUT2D eigenvalue weighted by molar-refractivity contribution is 9.10. The molecule has 6 heteroatoms. The lowest BCUT2D eigenvalue weighted by atomic mass is 10.1. The number of methoxy groups -OCH3 is 1. The average Bonchev–Trinajstić information content (AvgIpc) is 2.31. The van der Waals surface area contributed by atoms with Gasteiger partial charge in [0, 0.05) is 11.6 Å². The molecule has 1 unspecified atom stereocenters. The Balaban J connectivity index is 3.12. The van der Waals surface area contributed by atoms with E-state index in [0.717, 1.165) is 12.1 Å². The number of hydrogen-bond acceptors (Lipinski definition) is 4. The number of benzene rings is 1. The molecule has 0 aliphatic carbocycles. The minimum absolute atomic E-state index is 0.0697. The molecule has 0 spiro atoms. The number of hydrogen-bond donors (Lipinski definition) is 1. The molecule has 1 atom stereocenters. The number of aliphatic hydroxyl groups excluding tert-OH is 1. The summed E-state index contributed by atoms with van der Waals surface area (Å²) in [7, 11) is 1.36. The van der Waals surface area contributed by atoms with Crippen molar-refractivity contribution in [2.24, 2.45) is 0 Å². The zero-order valence-corrected chi connectivity index (χ0v) is 11.0. The van der Waals surface area contributed by atoms with E-state index in [0.29, 0.717) is 4.47 Å². The van der Waals surface area contributed by atoms with Gasteiger partial charge in [0.15, 0.2) is 6.10 Å². The Morgan fingerprint density at radius 1 is 1.59 bits per heavy atom. The molecule has 0 heterocycles. The fourth-order valence-corrected chi connectivity index (χ4v) is 1.89. The van der Waals surface area contributed by atoms with Gasteiger partial charge in [-0.1, -0.05) is 0 Å². The van der Waals surface area contributed by atoms with E-state index in [2.05, 4.69) is 20.7 Å². The van der Waals surface area contributed by atoms with Crippen LogP contribution in [0.3, 0.4) is 0 Å². The lowest BCUT2D eigenvalue weighted by Crippen LogP contribution is -2.16. The second-order valence-electron chi connectivity index (χ2n) is 3.17. The van der Waals surface area contributed by atoms with Gasteiger partial charge in [0.2, 0.25) is 0 Å². The van der Waals surface area contributed by atoms with Gasteiger partial charge in [-0.3, -0.25) is 0 Å². The van der Waals surface area contributed by atoms with Crippen LogP contribution in [0.15, 0.2) is 16.6 Å². The fourth-order valence-electron chi connectivity index (χ4n) is 1.28. The first-order valence-corrected chi connectivity index (χ1v) is 5.68. The van der Waals surface area contributed by atoms with E-state index in [1.165, 1.54) is 7.11 Å². The van der Waals surface area contributed by atoms with Crippen molar-refractivity contribution in [3.63, 3.8) is 0 Å². The lowest BCUT2D eigenvalue weighted by Gasteiger charge is -2.14. The molecule has 0 saturated carbocycles. The monoisotopic (exact) mass is 306 g/mol. The van der Waals surface area contributed by atoms with Gasteiger partial charge < -0.3 is 14.6 Å². The Hall–Kier alpha value is -1.14. The summed E-state index contributed by atoms with van der Waals surface area (Å²) in [5.74, 6) is -1.24. The molecule has 0 fully saturated rings. The Kier molecular flexibility index (Phi) is 4.89. The quantitative estimate of drug-likeness (QED) is 0.866. The molecule has 4 nitrogen and oxygen atoms in total. The second kappa shape index (κ2) is 5.97. The van der Waals surface area contributed by atoms with Gasteiger partial charge >= 0.3 is 5.97 Å². The maximum Gasteiger partial charge on any atom is 0.339 e. The first-order chi connectivity index (χ1) is 8.01. The zero-order chi connectivity index (χ0) is 13.0. The molecule has 0 radical (unpaired) electrons. The van der Waals surface area contributed by atoms with E-state index in [1.54, 1.807) is 6.92 Å². The van der Waals surface area contributed by atoms with Crippen molar-refractivity contribution in [3.05, 3.63) is 28.0 Å². The third kappa shape index (κ3) is 3.17. The molecule has 1 aromatic carbocycles. The largest absolute Gasteiger partial charge is 0.495 e. The molecular weight excluding hydrogens is 295 g/mol. The smallest absolute Gasteiger partial charge is 0.339 e. The SMILES string of the molecule is CCOC(=O)C(O)c1cc(F)cc(OC)c1Br. The topological polar surface area (TPSA) is 55.8 Å². The van der Waals surface area contributed by atoms with Crippen LogP contribution in [0.25, 0.3) is 0 Å². The first-order valence-electron chi connectivity index (χ1n) is 4.88. The van der Waals surface area contributed by atoms with Crippen molar-refractivity contribution in [1.82, 2.24) is 0 Å². The number of halogens is 2. The molecule has 1 aromatic rings. The molecular formula is C11H12BrFO4. The maximum absolute atomic E-state index is 13.2. The van der Waals surface area contributed by atoms with E-state index in [9.17, 15) is 14.3 Å². The van der Waals surface area contributed by atoms with Crippen molar-refractivity contribution in [2.75, 3.05) is 13.7 Å². The van der Waals surface area contributed by atoms with E-state index in [4.69, 9.17) is 4.74 Å². The van der Waals surface area contributed by atoms with Crippen molar-refractivity contribution >= 4 is 21.9 Å². The second-order valence-corrected chi connectivity index (χ2v) is 3.96. The van der Waals surface area contributed by atoms with E-state index in [1.807, 2.05) is 0 Å². The molecule has 0 amide bonds. The molecule has 0 bridgehead atoms. The number of esters is 1. The molecule has 0 saturated heterocycles. The summed E-state index contributed by atoms with van der Waals surface area (Å²) in [6.07, 6.45) is -1.55. The fraction of sp³-hybridized carbons (Fsp3) is 0.364. The van der Waals surface area contributed by atoms with Gasteiger partial charge in [-0.05, 0) is 28.9 Å². The van der Waals surface area contributed by atoms with Crippen LogP contribution in [0, 0.1) is 5.82 Å². The summed E-state index contributed by atoms with van der Waals surface area (Å²) in [6.45, 7) is 1.76. The lowest BCUT2D eigenvalue weighted by molar-refractivity contribution is -0.153. The van der Waals surface area contributed by atoms with Crippen LogP contribution in [0.5, 0.6) is 5.75 Å². The third-order valence-corrected chi connectivity index (χ3v) is 2.91. The van der Waals surface area contributed by atoms with Crippen LogP contribution >= 0.6 is 15.9 Å². The van der Waals surface area contributed by atoms with Gasteiger partial charge in [-0.15, -0.1) is 0 Å². The summed E-state index contributed by atoms with van der Waals surface area (Å²) < 4.78 is 23.1. The van der Waals surface area contributed by atoms with Gasteiger partial charge in [0.1, 0.15) is 11.6 Å². The highest BCUT2D eigenvalue weighted by atomic mass is 79.9. The van der Waals surface area contributed by atoms with E-state index >= 15 is 0 Å². The van der Waals surface area contributed by atoms with Crippen molar-refractivity contribution < 1.29 is 23.8 Å². The summed E-state index contributed by atoms with van der Waals surface area (Å²) in [4.78, 5) is 11.4. The zero-order valence-electron chi connectivity index (χ0n) is 9.37. The van der Waals surface area contributed by atoms with Crippen LogP contribution in [0.1, 0.15) is 18.6 Å². The molecule has 94 valence electrons. The Morgan fingerprint density at radius 3 is 2.76 bits per heavy atom. The summed E-state index contributed by atoms with van der Waals surface area (Å²) >= 11 is 3.14. The van der Waals surface area contributed by atoms with Crippen LogP contribution in [0.2, 0.25) is 0 Å². The van der Waals surface area contributed by atoms with Crippen LogP contribution in [-0.4, -0.2) is 24.8 Å². The van der Waals surface area contributed by atoms with Gasteiger partial charge in [-0.2, -0.15) is 0 Å². The van der Waals surface area contributed by atoms with Crippen molar-refractivity contribution in [3.8, 4) is 5.75 Å². The van der Waals surface area contributed by atoms with Crippen LogP contribution < -0.4 is 4.74 Å². The summed E-state index contributed by atoms with van der Waals surface area (Å²) in [6, 6.07) is 2.19. The number of ether oxygens (including phenoxy) is 2. The third-order valence-electron chi connectivity index (χ3n) is 2.06. The Bertz CT molecular complexity index is 422. The number of rotatable bonds is 4. The predicted octanol–water partition coefficient (Wildman–Crippen LogP) is 2.19. The highest BCUT2D eigenvalue weighted by Crippen LogP contribution is 2.33. The minimum atomic E-state index is -1.55. The molecule has 1 rings (SSSR count). The number of aliphatic hydroxyl groups is 1. The standard InChI is InChI=1S/C11H12BrFO4/c1-3-17-11(15)10(14)7-4-6(13)5-8(16-2)9(7)12/h4-5,10,14H,3H2,1-2H3. The molecule has 0 aliphatic rings.